The molecule has 0 fully saturated rings. The third-order valence-corrected chi connectivity index (χ3v) is 13.0. The van der Waals surface area contributed by atoms with Crippen molar-refractivity contribution in [1.29, 1.82) is 0 Å². The van der Waals surface area contributed by atoms with Crippen LogP contribution in [0.2, 0.25) is 0 Å². The van der Waals surface area contributed by atoms with E-state index in [1.807, 2.05) is 0 Å². The molecular formula is C59H42N2O. The number of ether oxygens (including phenoxy) is 1. The van der Waals surface area contributed by atoms with Gasteiger partial charge in [-0.3, -0.25) is 0 Å². The average molecular weight is 795 g/mol. The molecule has 0 spiro atoms. The van der Waals surface area contributed by atoms with Crippen LogP contribution in [0.5, 0.6) is 11.5 Å². The molecule has 0 atom stereocenters. The molecular weight excluding hydrogens is 753 g/mol. The smallest absolute Gasteiger partial charge is 0.137 e. The van der Waals surface area contributed by atoms with Gasteiger partial charge in [-0.2, -0.15) is 0 Å². The molecule has 10 aromatic carbocycles. The summed E-state index contributed by atoms with van der Waals surface area (Å²) in [5.41, 5.74) is 16.5. The molecule has 3 heteroatoms. The van der Waals surface area contributed by atoms with Gasteiger partial charge in [0.25, 0.3) is 0 Å². The molecule has 3 nitrogen and oxygen atoms in total. The predicted molar refractivity (Wildman–Crippen MR) is 259 cm³/mol. The number of anilines is 6. The molecule has 0 unspecified atom stereocenters. The number of benzene rings is 10. The second-order valence-corrected chi connectivity index (χ2v) is 16.9. The Balaban J connectivity index is 0.921. The lowest BCUT2D eigenvalue weighted by Crippen LogP contribution is -2.16. The third kappa shape index (κ3) is 5.73. The van der Waals surface area contributed by atoms with Gasteiger partial charge >= 0.3 is 0 Å². The van der Waals surface area contributed by atoms with Gasteiger partial charge in [0.15, 0.2) is 0 Å². The highest BCUT2D eigenvalue weighted by atomic mass is 16.5. The van der Waals surface area contributed by atoms with Crippen LogP contribution in [0.1, 0.15) is 25.0 Å². The van der Waals surface area contributed by atoms with E-state index in [2.05, 4.69) is 242 Å². The van der Waals surface area contributed by atoms with Crippen LogP contribution in [0.3, 0.4) is 0 Å². The van der Waals surface area contributed by atoms with E-state index in [9.17, 15) is 0 Å². The third-order valence-electron chi connectivity index (χ3n) is 13.0. The van der Waals surface area contributed by atoms with E-state index in [-0.39, 0.29) is 5.41 Å². The summed E-state index contributed by atoms with van der Waals surface area (Å²) in [5.74, 6) is 1.73. The normalized spacial score (nSPS) is 12.9. The standard InChI is InChI=1S/C59H42N2O/c1-59(2)54-23-13-12-21-48(54)49-33-31-46(37-55(49)59)61(44-19-10-5-11-20-44)47-32-34-50-53-36-41-26-25-40(35-52(41)51-22-14-24-56(58(51)53)62-57(50)38-47)39-27-29-45(30-28-39)60(42-15-6-3-7-16-42)43-17-8-4-9-18-43/h3-38H,1-2H3. The van der Waals surface area contributed by atoms with Gasteiger partial charge in [0.05, 0.1) is 0 Å². The first-order valence-corrected chi connectivity index (χ1v) is 21.4. The van der Waals surface area contributed by atoms with Gasteiger partial charge in [-0.1, -0.05) is 135 Å². The Hall–Kier alpha value is -7.88. The molecule has 0 N–H and O–H groups in total. The second kappa shape index (κ2) is 14.1. The predicted octanol–water partition coefficient (Wildman–Crippen LogP) is 16.7. The lowest BCUT2D eigenvalue weighted by molar-refractivity contribution is 0.487. The van der Waals surface area contributed by atoms with E-state index in [0.717, 1.165) is 56.6 Å². The maximum Gasteiger partial charge on any atom is 0.137 e. The first kappa shape index (κ1) is 36.0. The summed E-state index contributed by atoms with van der Waals surface area (Å²) in [6, 6.07) is 78.8. The highest BCUT2D eigenvalue weighted by molar-refractivity contribution is 6.18. The zero-order valence-corrected chi connectivity index (χ0v) is 34.6. The summed E-state index contributed by atoms with van der Waals surface area (Å²) in [6.07, 6.45) is 0. The van der Waals surface area contributed by atoms with Gasteiger partial charge in [0, 0.05) is 56.6 Å². The summed E-state index contributed by atoms with van der Waals surface area (Å²) in [4.78, 5) is 4.65. The van der Waals surface area contributed by atoms with Crippen LogP contribution in [-0.2, 0) is 5.41 Å². The molecule has 1 heterocycles. The summed E-state index contributed by atoms with van der Waals surface area (Å²) in [7, 11) is 0. The summed E-state index contributed by atoms with van der Waals surface area (Å²) >= 11 is 0. The lowest BCUT2D eigenvalue weighted by atomic mass is 9.82. The van der Waals surface area contributed by atoms with Crippen LogP contribution in [0.4, 0.5) is 34.1 Å². The number of hydrogen-bond donors (Lipinski definition) is 0. The van der Waals surface area contributed by atoms with Crippen molar-refractivity contribution in [1.82, 2.24) is 0 Å². The minimum absolute atomic E-state index is 0.104. The van der Waals surface area contributed by atoms with Crippen molar-refractivity contribution in [3.8, 4) is 44.9 Å². The molecule has 0 radical (unpaired) electrons. The highest BCUT2D eigenvalue weighted by Gasteiger charge is 2.36. The van der Waals surface area contributed by atoms with Crippen molar-refractivity contribution in [2.75, 3.05) is 9.80 Å². The van der Waals surface area contributed by atoms with Gasteiger partial charge in [-0.25, -0.2) is 0 Å². The SMILES string of the molecule is CC1(C)c2ccccc2-c2ccc(N(c3ccccc3)c3ccc4c(c3)Oc3cccc5c3c-4cc3ccc(-c4ccc(N(c6ccccc6)c6ccccc6)cc4)cc35)cc21. The topological polar surface area (TPSA) is 15.7 Å². The molecule has 0 saturated carbocycles. The Kier molecular flexibility index (Phi) is 8.20. The fraction of sp³-hybridized carbons (Fsp3) is 0.0508. The van der Waals surface area contributed by atoms with Gasteiger partial charge in [0.2, 0.25) is 0 Å². The average Bonchev–Trinajstić information content (AvgIpc) is 3.55. The first-order chi connectivity index (χ1) is 30.5. The highest BCUT2D eigenvalue weighted by Crippen LogP contribution is 2.53. The molecule has 1 aliphatic carbocycles. The monoisotopic (exact) mass is 794 g/mol. The van der Waals surface area contributed by atoms with Gasteiger partial charge in [-0.15, -0.1) is 0 Å². The zero-order valence-electron chi connectivity index (χ0n) is 34.6. The molecule has 2 aliphatic rings. The Morgan fingerprint density at radius 1 is 0.339 bits per heavy atom. The van der Waals surface area contributed by atoms with E-state index in [1.54, 1.807) is 0 Å². The van der Waals surface area contributed by atoms with E-state index in [1.165, 1.54) is 55.1 Å². The maximum absolute atomic E-state index is 6.90. The number of hydrogen-bond acceptors (Lipinski definition) is 3. The van der Waals surface area contributed by atoms with E-state index in [4.69, 9.17) is 4.74 Å². The van der Waals surface area contributed by atoms with Gasteiger partial charge < -0.3 is 14.5 Å². The Labute approximate surface area is 362 Å². The Bertz CT molecular complexity index is 3300. The van der Waals surface area contributed by atoms with Crippen molar-refractivity contribution in [3.05, 3.63) is 230 Å². The summed E-state index contributed by atoms with van der Waals surface area (Å²) in [5, 5.41) is 4.75. The Morgan fingerprint density at radius 2 is 0.887 bits per heavy atom. The van der Waals surface area contributed by atoms with Gasteiger partial charge in [-0.05, 0) is 146 Å². The molecule has 62 heavy (non-hydrogen) atoms. The lowest BCUT2D eigenvalue weighted by Gasteiger charge is -2.29. The number of nitrogens with zero attached hydrogens (tertiary/aromatic N) is 2. The molecule has 0 saturated heterocycles. The number of rotatable bonds is 7. The molecule has 294 valence electrons. The molecule has 12 rings (SSSR count). The molecule has 0 bridgehead atoms. The van der Waals surface area contributed by atoms with Crippen molar-refractivity contribution >= 4 is 55.7 Å². The van der Waals surface area contributed by atoms with Crippen LogP contribution in [0.15, 0.2) is 218 Å². The van der Waals surface area contributed by atoms with Crippen molar-refractivity contribution in [3.63, 3.8) is 0 Å². The quantitative estimate of drug-likeness (QED) is 0.149. The van der Waals surface area contributed by atoms with Crippen LogP contribution >= 0.6 is 0 Å². The molecule has 1 aliphatic heterocycles. The first-order valence-electron chi connectivity index (χ1n) is 21.4. The second-order valence-electron chi connectivity index (χ2n) is 16.9. The van der Waals surface area contributed by atoms with Crippen LogP contribution in [0, 0.1) is 0 Å². The Morgan fingerprint density at radius 3 is 1.58 bits per heavy atom. The van der Waals surface area contributed by atoms with Gasteiger partial charge in [0.1, 0.15) is 11.5 Å². The largest absolute Gasteiger partial charge is 0.456 e. The van der Waals surface area contributed by atoms with Crippen molar-refractivity contribution in [2.24, 2.45) is 0 Å². The van der Waals surface area contributed by atoms with E-state index in [0.29, 0.717) is 0 Å². The van der Waals surface area contributed by atoms with Crippen LogP contribution < -0.4 is 14.5 Å². The molecule has 10 aromatic rings. The van der Waals surface area contributed by atoms with Crippen molar-refractivity contribution in [2.45, 2.75) is 19.3 Å². The fourth-order valence-electron chi connectivity index (χ4n) is 9.99. The van der Waals surface area contributed by atoms with E-state index >= 15 is 0 Å². The molecule has 0 aromatic heterocycles. The summed E-state index contributed by atoms with van der Waals surface area (Å²) in [6.45, 7) is 4.68. The van der Waals surface area contributed by atoms with Crippen LogP contribution in [-0.4, -0.2) is 0 Å². The summed E-state index contributed by atoms with van der Waals surface area (Å²) < 4.78 is 6.90. The zero-order chi connectivity index (χ0) is 41.4. The minimum Gasteiger partial charge on any atom is -0.456 e. The number of fused-ring (bicyclic) bond motifs is 7. The number of para-hydroxylation sites is 3. The fourth-order valence-corrected chi connectivity index (χ4v) is 9.99. The minimum atomic E-state index is -0.104. The van der Waals surface area contributed by atoms with Crippen LogP contribution in [0.25, 0.3) is 54.9 Å². The van der Waals surface area contributed by atoms with E-state index < -0.39 is 0 Å². The maximum atomic E-state index is 6.90. The van der Waals surface area contributed by atoms with Crippen molar-refractivity contribution < 1.29 is 4.74 Å². The molecule has 0 amide bonds.